The molecule has 1 unspecified atom stereocenters. The van der Waals surface area contributed by atoms with Crippen LogP contribution >= 0.6 is 0 Å². The average molecular weight is 199 g/mol. The first-order chi connectivity index (χ1) is 6.77. The Balaban J connectivity index is 1.86. The van der Waals surface area contributed by atoms with Gasteiger partial charge in [-0.2, -0.15) is 0 Å². The molecule has 82 valence electrons. The van der Waals surface area contributed by atoms with E-state index in [1.165, 1.54) is 12.8 Å². The Morgan fingerprint density at radius 3 is 2.57 bits per heavy atom. The summed E-state index contributed by atoms with van der Waals surface area (Å²) < 4.78 is 11.4. The Labute approximate surface area is 86.4 Å². The second-order valence-corrected chi connectivity index (χ2v) is 4.55. The van der Waals surface area contributed by atoms with Crippen molar-refractivity contribution in [3.05, 3.63) is 0 Å². The highest BCUT2D eigenvalue weighted by atomic mass is 16.5. The topological polar surface area (TPSA) is 21.7 Å². The molecule has 0 spiro atoms. The highest BCUT2D eigenvalue weighted by molar-refractivity contribution is 4.82. The summed E-state index contributed by atoms with van der Waals surface area (Å²) >= 11 is 0. The first-order valence-corrected chi connectivity index (χ1v) is 5.74. The summed E-state index contributed by atoms with van der Waals surface area (Å²) in [6.45, 7) is 8.40. The largest absolute Gasteiger partial charge is 0.375 e. The number of hydrogen-bond acceptors (Lipinski definition) is 3. The maximum Gasteiger partial charge on any atom is 0.0963 e. The molecule has 3 heteroatoms. The molecule has 0 aromatic heterocycles. The molecule has 14 heavy (non-hydrogen) atoms. The lowest BCUT2D eigenvalue weighted by Gasteiger charge is -2.37. The Hall–Kier alpha value is -0.120. The normalized spacial score (nSPS) is 35.4. The smallest absolute Gasteiger partial charge is 0.0963 e. The standard InChI is InChI=1S/C11H21NO2/c1-9(2)12-5-7-14-11(8-12)10-4-3-6-13-10/h9-11H,3-8H2,1-2H3/t10-,11?/m0/s1. The third-order valence-corrected chi connectivity index (χ3v) is 3.23. The van der Waals surface area contributed by atoms with E-state index >= 15 is 0 Å². The molecular formula is C11H21NO2. The monoisotopic (exact) mass is 199 g/mol. The van der Waals surface area contributed by atoms with Gasteiger partial charge in [0.15, 0.2) is 0 Å². The predicted molar refractivity (Wildman–Crippen MR) is 55.4 cm³/mol. The molecule has 2 aliphatic heterocycles. The molecule has 0 aromatic rings. The summed E-state index contributed by atoms with van der Waals surface area (Å²) in [5, 5.41) is 0. The number of nitrogens with zero attached hydrogens (tertiary/aromatic N) is 1. The lowest BCUT2D eigenvalue weighted by Crippen LogP contribution is -2.49. The zero-order chi connectivity index (χ0) is 9.97. The third-order valence-electron chi connectivity index (χ3n) is 3.23. The summed E-state index contributed by atoms with van der Waals surface area (Å²) in [6, 6.07) is 0.628. The van der Waals surface area contributed by atoms with Crippen LogP contribution in [-0.2, 0) is 9.47 Å². The Kier molecular flexibility index (Phi) is 3.42. The van der Waals surface area contributed by atoms with Crippen molar-refractivity contribution in [2.75, 3.05) is 26.3 Å². The van der Waals surface area contributed by atoms with Crippen LogP contribution in [0.15, 0.2) is 0 Å². The third kappa shape index (κ3) is 2.27. The van der Waals surface area contributed by atoms with E-state index in [1.807, 2.05) is 0 Å². The van der Waals surface area contributed by atoms with Crippen molar-refractivity contribution in [2.24, 2.45) is 0 Å². The van der Waals surface area contributed by atoms with Gasteiger partial charge < -0.3 is 9.47 Å². The Morgan fingerprint density at radius 2 is 1.93 bits per heavy atom. The summed E-state index contributed by atoms with van der Waals surface area (Å²) in [5.41, 5.74) is 0. The van der Waals surface area contributed by atoms with Gasteiger partial charge in [0.2, 0.25) is 0 Å². The van der Waals surface area contributed by atoms with E-state index in [0.717, 1.165) is 26.3 Å². The minimum Gasteiger partial charge on any atom is -0.375 e. The summed E-state index contributed by atoms with van der Waals surface area (Å²) in [6.07, 6.45) is 3.05. The van der Waals surface area contributed by atoms with E-state index in [0.29, 0.717) is 18.2 Å². The summed E-state index contributed by atoms with van der Waals surface area (Å²) in [4.78, 5) is 2.48. The van der Waals surface area contributed by atoms with Crippen LogP contribution in [0.25, 0.3) is 0 Å². The lowest BCUT2D eigenvalue weighted by atomic mass is 10.1. The van der Waals surface area contributed by atoms with E-state index in [4.69, 9.17) is 9.47 Å². The zero-order valence-corrected chi connectivity index (χ0v) is 9.24. The first-order valence-electron chi connectivity index (χ1n) is 5.74. The van der Waals surface area contributed by atoms with Gasteiger partial charge in [-0.3, -0.25) is 4.90 Å². The van der Waals surface area contributed by atoms with Crippen molar-refractivity contribution in [2.45, 2.75) is 44.9 Å². The second-order valence-electron chi connectivity index (χ2n) is 4.55. The van der Waals surface area contributed by atoms with Crippen LogP contribution in [0, 0.1) is 0 Å². The quantitative estimate of drug-likeness (QED) is 0.668. The van der Waals surface area contributed by atoms with Gasteiger partial charge >= 0.3 is 0 Å². The van der Waals surface area contributed by atoms with Crippen molar-refractivity contribution in [3.8, 4) is 0 Å². The second kappa shape index (κ2) is 4.60. The van der Waals surface area contributed by atoms with Crippen molar-refractivity contribution >= 4 is 0 Å². The van der Waals surface area contributed by atoms with E-state index in [1.54, 1.807) is 0 Å². The van der Waals surface area contributed by atoms with Crippen LogP contribution in [0.3, 0.4) is 0 Å². The van der Waals surface area contributed by atoms with Gasteiger partial charge in [-0.05, 0) is 26.7 Å². The molecule has 2 heterocycles. The van der Waals surface area contributed by atoms with Crippen molar-refractivity contribution in [1.82, 2.24) is 4.90 Å². The number of hydrogen-bond donors (Lipinski definition) is 0. The molecule has 2 rings (SSSR count). The highest BCUT2D eigenvalue weighted by Crippen LogP contribution is 2.21. The fourth-order valence-electron chi connectivity index (χ4n) is 2.29. The fourth-order valence-corrected chi connectivity index (χ4v) is 2.29. The van der Waals surface area contributed by atoms with Crippen molar-refractivity contribution in [3.63, 3.8) is 0 Å². The molecule has 2 aliphatic rings. The minimum absolute atomic E-state index is 0.314. The van der Waals surface area contributed by atoms with Crippen LogP contribution in [0.1, 0.15) is 26.7 Å². The van der Waals surface area contributed by atoms with Gasteiger partial charge in [-0.15, -0.1) is 0 Å². The SMILES string of the molecule is CC(C)N1CCOC([C@@H]2CCCO2)C1. The van der Waals surface area contributed by atoms with Gasteiger partial charge in [0, 0.05) is 25.7 Å². The van der Waals surface area contributed by atoms with Crippen molar-refractivity contribution in [1.29, 1.82) is 0 Å². The number of rotatable bonds is 2. The number of ether oxygens (including phenoxy) is 2. The van der Waals surface area contributed by atoms with Gasteiger partial charge in [-0.25, -0.2) is 0 Å². The molecule has 0 bridgehead atoms. The van der Waals surface area contributed by atoms with Gasteiger partial charge in [0.25, 0.3) is 0 Å². The van der Waals surface area contributed by atoms with Crippen LogP contribution in [0.4, 0.5) is 0 Å². The molecule has 3 nitrogen and oxygen atoms in total. The van der Waals surface area contributed by atoms with E-state index in [-0.39, 0.29) is 0 Å². The lowest BCUT2D eigenvalue weighted by molar-refractivity contribution is -0.0999. The molecule has 0 saturated carbocycles. The predicted octanol–water partition coefficient (Wildman–Crippen LogP) is 1.27. The Bertz CT molecular complexity index is 178. The molecule has 0 radical (unpaired) electrons. The molecule has 0 amide bonds. The van der Waals surface area contributed by atoms with Gasteiger partial charge in [-0.1, -0.05) is 0 Å². The van der Waals surface area contributed by atoms with Crippen LogP contribution < -0.4 is 0 Å². The van der Waals surface area contributed by atoms with Gasteiger partial charge in [0.05, 0.1) is 18.8 Å². The Morgan fingerprint density at radius 1 is 1.14 bits per heavy atom. The van der Waals surface area contributed by atoms with Crippen molar-refractivity contribution < 1.29 is 9.47 Å². The maximum absolute atomic E-state index is 5.78. The molecule has 0 N–H and O–H groups in total. The minimum atomic E-state index is 0.314. The molecule has 2 saturated heterocycles. The number of morpholine rings is 1. The fraction of sp³-hybridized carbons (Fsp3) is 1.00. The molecular weight excluding hydrogens is 178 g/mol. The van der Waals surface area contributed by atoms with E-state index < -0.39 is 0 Å². The molecule has 2 atom stereocenters. The van der Waals surface area contributed by atoms with E-state index in [9.17, 15) is 0 Å². The van der Waals surface area contributed by atoms with Crippen LogP contribution in [0.2, 0.25) is 0 Å². The molecule has 0 aliphatic carbocycles. The summed E-state index contributed by atoms with van der Waals surface area (Å²) in [5.74, 6) is 0. The zero-order valence-electron chi connectivity index (χ0n) is 9.24. The van der Waals surface area contributed by atoms with E-state index in [2.05, 4.69) is 18.7 Å². The molecule has 2 fully saturated rings. The van der Waals surface area contributed by atoms with Gasteiger partial charge in [0.1, 0.15) is 0 Å². The highest BCUT2D eigenvalue weighted by Gasteiger charge is 2.31. The summed E-state index contributed by atoms with van der Waals surface area (Å²) in [7, 11) is 0. The average Bonchev–Trinajstić information content (AvgIpc) is 2.71. The van der Waals surface area contributed by atoms with Crippen LogP contribution in [0.5, 0.6) is 0 Å². The van der Waals surface area contributed by atoms with Crippen LogP contribution in [-0.4, -0.2) is 49.5 Å². The first kappa shape index (κ1) is 10.4. The maximum atomic E-state index is 5.78. The molecule has 0 aromatic carbocycles.